The highest BCUT2D eigenvalue weighted by molar-refractivity contribution is 7.11. The number of carbonyl (C=O) groups is 1. The van der Waals surface area contributed by atoms with E-state index < -0.39 is 0 Å². The number of carbonyl (C=O) groups excluding carboxylic acids is 1. The largest absolute Gasteiger partial charge is 0.355 e. The summed E-state index contributed by atoms with van der Waals surface area (Å²) < 4.78 is 0. The average Bonchev–Trinajstić information content (AvgIpc) is 3.07. The number of nitrogens with zero attached hydrogens (tertiary/aromatic N) is 1. The number of nitrogens with one attached hydrogen (secondary N) is 2. The number of hydrogen-bond acceptors (Lipinski definition) is 4. The van der Waals surface area contributed by atoms with Gasteiger partial charge in [0.25, 0.3) is 0 Å². The highest BCUT2D eigenvalue weighted by atomic mass is 32.1. The van der Waals surface area contributed by atoms with E-state index in [9.17, 15) is 4.79 Å². The molecule has 1 heterocycles. The van der Waals surface area contributed by atoms with Gasteiger partial charge in [-0.3, -0.25) is 4.79 Å². The fourth-order valence-electron chi connectivity index (χ4n) is 1.71. The quantitative estimate of drug-likeness (QED) is 0.748. The summed E-state index contributed by atoms with van der Waals surface area (Å²) >= 11 is 1.74. The monoisotopic (exact) mass is 267 g/mol. The van der Waals surface area contributed by atoms with E-state index in [1.54, 1.807) is 11.3 Å². The topological polar surface area (TPSA) is 54.0 Å². The molecular formula is C13H21N3OS. The first-order valence-corrected chi connectivity index (χ1v) is 7.50. The predicted octanol–water partition coefficient (Wildman–Crippen LogP) is 1.36. The molecule has 0 spiro atoms. The molecule has 1 saturated carbocycles. The zero-order valence-electron chi connectivity index (χ0n) is 10.9. The van der Waals surface area contributed by atoms with Gasteiger partial charge in [0, 0.05) is 24.0 Å². The van der Waals surface area contributed by atoms with Gasteiger partial charge >= 0.3 is 0 Å². The number of amides is 1. The average molecular weight is 267 g/mol. The predicted molar refractivity (Wildman–Crippen MR) is 73.8 cm³/mol. The Morgan fingerprint density at radius 1 is 1.56 bits per heavy atom. The van der Waals surface area contributed by atoms with Crippen LogP contribution in [0.15, 0.2) is 6.20 Å². The van der Waals surface area contributed by atoms with Gasteiger partial charge in [0.15, 0.2) is 0 Å². The Balaban J connectivity index is 1.54. The number of hydrogen-bond donors (Lipinski definition) is 2. The van der Waals surface area contributed by atoms with Crippen LogP contribution in [0.25, 0.3) is 0 Å². The Morgan fingerprint density at radius 2 is 2.39 bits per heavy atom. The van der Waals surface area contributed by atoms with Crippen LogP contribution < -0.4 is 10.6 Å². The van der Waals surface area contributed by atoms with Crippen LogP contribution in [0.1, 0.15) is 29.7 Å². The van der Waals surface area contributed by atoms with Crippen LogP contribution in [-0.4, -0.2) is 30.5 Å². The van der Waals surface area contributed by atoms with Gasteiger partial charge in [-0.1, -0.05) is 6.92 Å². The second-order valence-corrected chi connectivity index (χ2v) is 5.95. The highest BCUT2D eigenvalue weighted by Gasteiger charge is 2.20. The van der Waals surface area contributed by atoms with Crippen molar-refractivity contribution in [2.45, 2.75) is 32.6 Å². The van der Waals surface area contributed by atoms with E-state index in [1.165, 1.54) is 17.7 Å². The van der Waals surface area contributed by atoms with Crippen molar-refractivity contribution in [2.24, 2.45) is 5.92 Å². The van der Waals surface area contributed by atoms with E-state index in [0.717, 1.165) is 30.3 Å². The third-order valence-electron chi connectivity index (χ3n) is 3.03. The standard InChI is InChI=1S/C13H21N3OS/c1-2-11-8-16-13(18-11)5-6-15-12(17)9-14-7-10-3-4-10/h8,10,14H,2-7,9H2,1H3,(H,15,17). The Labute approximate surface area is 112 Å². The first kappa shape index (κ1) is 13.5. The lowest BCUT2D eigenvalue weighted by atomic mass is 10.4. The van der Waals surface area contributed by atoms with Crippen molar-refractivity contribution in [2.75, 3.05) is 19.6 Å². The minimum Gasteiger partial charge on any atom is -0.355 e. The molecule has 5 heteroatoms. The van der Waals surface area contributed by atoms with Crippen LogP contribution in [-0.2, 0) is 17.6 Å². The van der Waals surface area contributed by atoms with Gasteiger partial charge in [-0.15, -0.1) is 11.3 Å². The summed E-state index contributed by atoms with van der Waals surface area (Å²) in [6, 6.07) is 0. The lowest BCUT2D eigenvalue weighted by Gasteiger charge is -2.05. The number of thiazole rings is 1. The SMILES string of the molecule is CCc1cnc(CCNC(=O)CNCC2CC2)s1. The normalized spacial score (nSPS) is 14.7. The first-order chi connectivity index (χ1) is 8.78. The van der Waals surface area contributed by atoms with Crippen molar-refractivity contribution in [3.63, 3.8) is 0 Å². The Kier molecular flexibility index (Phi) is 5.13. The van der Waals surface area contributed by atoms with Gasteiger partial charge < -0.3 is 10.6 Å². The Morgan fingerprint density at radius 3 is 3.06 bits per heavy atom. The van der Waals surface area contributed by atoms with Crippen molar-refractivity contribution < 1.29 is 4.79 Å². The number of aromatic nitrogens is 1. The maximum atomic E-state index is 11.5. The summed E-state index contributed by atoms with van der Waals surface area (Å²) in [5.74, 6) is 0.906. The molecule has 0 bridgehead atoms. The third-order valence-corrected chi connectivity index (χ3v) is 4.23. The van der Waals surface area contributed by atoms with E-state index in [0.29, 0.717) is 13.1 Å². The molecule has 1 amide bonds. The molecule has 0 saturated heterocycles. The molecule has 18 heavy (non-hydrogen) atoms. The van der Waals surface area contributed by atoms with Gasteiger partial charge in [0.1, 0.15) is 0 Å². The van der Waals surface area contributed by atoms with Crippen molar-refractivity contribution in [3.05, 3.63) is 16.1 Å². The second-order valence-electron chi connectivity index (χ2n) is 4.75. The zero-order valence-corrected chi connectivity index (χ0v) is 11.7. The highest BCUT2D eigenvalue weighted by Crippen LogP contribution is 2.27. The van der Waals surface area contributed by atoms with Crippen LogP contribution in [0.3, 0.4) is 0 Å². The van der Waals surface area contributed by atoms with E-state index >= 15 is 0 Å². The molecule has 1 aromatic rings. The van der Waals surface area contributed by atoms with Crippen molar-refractivity contribution in [1.82, 2.24) is 15.6 Å². The number of rotatable bonds is 8. The first-order valence-electron chi connectivity index (χ1n) is 6.69. The lowest BCUT2D eigenvalue weighted by Crippen LogP contribution is -2.35. The molecule has 2 rings (SSSR count). The summed E-state index contributed by atoms with van der Waals surface area (Å²) in [7, 11) is 0. The molecule has 0 atom stereocenters. The van der Waals surface area contributed by atoms with E-state index in [-0.39, 0.29) is 5.91 Å². The van der Waals surface area contributed by atoms with Gasteiger partial charge in [0.2, 0.25) is 5.91 Å². The van der Waals surface area contributed by atoms with Crippen LogP contribution in [0.4, 0.5) is 0 Å². The van der Waals surface area contributed by atoms with Gasteiger partial charge in [-0.05, 0) is 31.7 Å². The van der Waals surface area contributed by atoms with Crippen LogP contribution in [0, 0.1) is 5.92 Å². The lowest BCUT2D eigenvalue weighted by molar-refractivity contribution is -0.120. The number of aryl methyl sites for hydroxylation is 1. The van der Waals surface area contributed by atoms with Crippen LogP contribution >= 0.6 is 11.3 Å². The minimum atomic E-state index is 0.0860. The summed E-state index contributed by atoms with van der Waals surface area (Å²) in [5.41, 5.74) is 0. The van der Waals surface area contributed by atoms with E-state index in [4.69, 9.17) is 0 Å². The minimum absolute atomic E-state index is 0.0860. The van der Waals surface area contributed by atoms with Crippen molar-refractivity contribution in [1.29, 1.82) is 0 Å². The molecule has 0 radical (unpaired) electrons. The fraction of sp³-hybridized carbons (Fsp3) is 0.692. The van der Waals surface area contributed by atoms with Gasteiger partial charge in [0.05, 0.1) is 11.6 Å². The Bertz CT molecular complexity index is 387. The molecule has 2 N–H and O–H groups in total. The van der Waals surface area contributed by atoms with Gasteiger partial charge in [-0.25, -0.2) is 4.98 Å². The summed E-state index contributed by atoms with van der Waals surface area (Å²) in [6.07, 6.45) is 6.43. The molecule has 1 aliphatic carbocycles. The Hall–Kier alpha value is -0.940. The van der Waals surface area contributed by atoms with E-state index in [1.807, 2.05) is 6.20 Å². The smallest absolute Gasteiger partial charge is 0.233 e. The molecule has 0 aliphatic heterocycles. The maximum Gasteiger partial charge on any atom is 0.233 e. The molecule has 0 aromatic carbocycles. The molecular weight excluding hydrogens is 246 g/mol. The molecule has 0 unspecified atom stereocenters. The summed E-state index contributed by atoms with van der Waals surface area (Å²) in [6.45, 7) is 4.24. The van der Waals surface area contributed by atoms with Crippen molar-refractivity contribution >= 4 is 17.2 Å². The fourth-order valence-corrected chi connectivity index (χ4v) is 2.57. The molecule has 1 aromatic heterocycles. The van der Waals surface area contributed by atoms with E-state index in [2.05, 4.69) is 22.5 Å². The molecule has 1 aliphatic rings. The van der Waals surface area contributed by atoms with Crippen molar-refractivity contribution in [3.8, 4) is 0 Å². The molecule has 4 nitrogen and oxygen atoms in total. The zero-order chi connectivity index (χ0) is 12.8. The second kappa shape index (κ2) is 6.85. The summed E-state index contributed by atoms with van der Waals surface area (Å²) in [5, 5.41) is 7.21. The maximum absolute atomic E-state index is 11.5. The summed E-state index contributed by atoms with van der Waals surface area (Å²) in [4.78, 5) is 17.1. The molecule has 1 fully saturated rings. The van der Waals surface area contributed by atoms with Gasteiger partial charge in [-0.2, -0.15) is 0 Å². The van der Waals surface area contributed by atoms with Crippen LogP contribution in [0.5, 0.6) is 0 Å². The third kappa shape index (κ3) is 4.74. The molecule has 100 valence electrons. The van der Waals surface area contributed by atoms with Crippen LogP contribution in [0.2, 0.25) is 0 Å².